The molecular formula is C14H22N2OS. The number of rotatable bonds is 7. The summed E-state index contributed by atoms with van der Waals surface area (Å²) in [4.78, 5) is 15.4. The van der Waals surface area contributed by atoms with Crippen molar-refractivity contribution in [2.45, 2.75) is 45.7 Å². The molecule has 3 nitrogen and oxygen atoms in total. The van der Waals surface area contributed by atoms with Crippen LogP contribution >= 0.6 is 11.3 Å². The number of thiophene rings is 1. The van der Waals surface area contributed by atoms with Gasteiger partial charge in [-0.25, -0.2) is 0 Å². The summed E-state index contributed by atoms with van der Waals surface area (Å²) in [6.45, 7) is 6.35. The summed E-state index contributed by atoms with van der Waals surface area (Å²) in [6.07, 6.45) is 3.44. The quantitative estimate of drug-likeness (QED) is 0.822. The van der Waals surface area contributed by atoms with Gasteiger partial charge in [-0.15, -0.1) is 11.3 Å². The summed E-state index contributed by atoms with van der Waals surface area (Å²) in [7, 11) is 0. The second-order valence-corrected chi connectivity index (χ2v) is 5.74. The third kappa shape index (κ3) is 3.33. The lowest BCUT2D eigenvalue weighted by atomic mass is 10.2. The smallest absolute Gasteiger partial charge is 0.236 e. The van der Waals surface area contributed by atoms with Crippen LogP contribution in [0.15, 0.2) is 11.4 Å². The van der Waals surface area contributed by atoms with Crippen molar-refractivity contribution < 1.29 is 4.79 Å². The highest BCUT2D eigenvalue weighted by atomic mass is 32.1. The molecule has 0 aliphatic heterocycles. The number of nitrogens with zero attached hydrogens (tertiary/aromatic N) is 1. The predicted octanol–water partition coefficient (Wildman–Crippen LogP) is 2.41. The van der Waals surface area contributed by atoms with Crippen molar-refractivity contribution in [3.63, 3.8) is 0 Å². The second-order valence-electron chi connectivity index (χ2n) is 4.74. The highest BCUT2D eigenvalue weighted by Crippen LogP contribution is 2.26. The van der Waals surface area contributed by atoms with Gasteiger partial charge in [0.15, 0.2) is 0 Å². The molecule has 18 heavy (non-hydrogen) atoms. The SMILES string of the molecule is CCc1ccsc1CNCC(=O)N(CC)C1CC1. The summed E-state index contributed by atoms with van der Waals surface area (Å²) in [5.41, 5.74) is 1.40. The molecule has 0 unspecified atom stereocenters. The van der Waals surface area contributed by atoms with Gasteiger partial charge in [-0.3, -0.25) is 4.79 Å². The standard InChI is InChI=1S/C14H22N2OS/c1-3-11-7-8-18-13(11)9-15-10-14(17)16(4-2)12-5-6-12/h7-8,12,15H,3-6,9-10H2,1-2H3. The van der Waals surface area contributed by atoms with E-state index in [-0.39, 0.29) is 5.91 Å². The molecule has 0 bridgehead atoms. The molecule has 100 valence electrons. The number of carbonyl (C=O) groups excluding carboxylic acids is 1. The number of likely N-dealkylation sites (N-methyl/N-ethyl adjacent to an activating group) is 1. The molecule has 0 aromatic carbocycles. The van der Waals surface area contributed by atoms with Crippen molar-refractivity contribution in [2.24, 2.45) is 0 Å². The fourth-order valence-electron chi connectivity index (χ4n) is 2.25. The lowest BCUT2D eigenvalue weighted by Gasteiger charge is -2.20. The molecule has 4 heteroatoms. The molecular weight excluding hydrogens is 244 g/mol. The van der Waals surface area contributed by atoms with Gasteiger partial charge in [-0.1, -0.05) is 6.92 Å². The van der Waals surface area contributed by atoms with E-state index in [1.54, 1.807) is 11.3 Å². The van der Waals surface area contributed by atoms with Gasteiger partial charge in [0, 0.05) is 24.0 Å². The molecule has 0 spiro atoms. The molecule has 1 heterocycles. The number of hydrogen-bond donors (Lipinski definition) is 1. The number of nitrogens with one attached hydrogen (secondary N) is 1. The fraction of sp³-hybridized carbons (Fsp3) is 0.643. The molecule has 1 saturated carbocycles. The minimum absolute atomic E-state index is 0.245. The van der Waals surface area contributed by atoms with E-state index in [4.69, 9.17) is 0 Å². The first-order chi connectivity index (χ1) is 8.76. The fourth-order valence-corrected chi connectivity index (χ4v) is 3.19. The van der Waals surface area contributed by atoms with Gasteiger partial charge < -0.3 is 10.2 Å². The molecule has 0 atom stereocenters. The Hall–Kier alpha value is -0.870. The van der Waals surface area contributed by atoms with Crippen LogP contribution in [0.5, 0.6) is 0 Å². The van der Waals surface area contributed by atoms with E-state index in [0.29, 0.717) is 12.6 Å². The maximum Gasteiger partial charge on any atom is 0.236 e. The Kier molecular flexibility index (Phi) is 4.78. The molecule has 0 radical (unpaired) electrons. The first-order valence-corrected chi connectivity index (χ1v) is 7.69. The lowest BCUT2D eigenvalue weighted by molar-refractivity contribution is -0.130. The van der Waals surface area contributed by atoms with Crippen molar-refractivity contribution in [2.75, 3.05) is 13.1 Å². The summed E-state index contributed by atoms with van der Waals surface area (Å²) >= 11 is 1.77. The van der Waals surface area contributed by atoms with Crippen LogP contribution in [0, 0.1) is 0 Å². The average Bonchev–Trinajstić information content (AvgIpc) is 3.09. The van der Waals surface area contributed by atoms with Crippen LogP contribution < -0.4 is 5.32 Å². The summed E-state index contributed by atoms with van der Waals surface area (Å²) < 4.78 is 0. The molecule has 1 aromatic rings. The van der Waals surface area contributed by atoms with Crippen molar-refractivity contribution in [1.29, 1.82) is 0 Å². The Morgan fingerprint density at radius 2 is 2.28 bits per heavy atom. The van der Waals surface area contributed by atoms with E-state index in [1.807, 2.05) is 4.90 Å². The Labute approximate surface area is 113 Å². The zero-order valence-electron chi connectivity index (χ0n) is 11.2. The first-order valence-electron chi connectivity index (χ1n) is 6.81. The van der Waals surface area contributed by atoms with Gasteiger partial charge in [0.2, 0.25) is 5.91 Å². The minimum atomic E-state index is 0.245. The number of aryl methyl sites for hydroxylation is 1. The Balaban J connectivity index is 1.76. The molecule has 1 aliphatic carbocycles. The van der Waals surface area contributed by atoms with Crippen molar-refractivity contribution in [3.05, 3.63) is 21.9 Å². The first kappa shape index (κ1) is 13.6. The third-order valence-electron chi connectivity index (χ3n) is 3.43. The van der Waals surface area contributed by atoms with E-state index in [2.05, 4.69) is 30.6 Å². The summed E-state index contributed by atoms with van der Waals surface area (Å²) in [6, 6.07) is 2.70. The van der Waals surface area contributed by atoms with Gasteiger partial charge >= 0.3 is 0 Å². The molecule has 1 aliphatic rings. The largest absolute Gasteiger partial charge is 0.339 e. The highest BCUT2D eigenvalue weighted by molar-refractivity contribution is 7.10. The second kappa shape index (κ2) is 6.34. The van der Waals surface area contributed by atoms with Crippen LogP contribution in [0.25, 0.3) is 0 Å². The van der Waals surface area contributed by atoms with Gasteiger partial charge in [-0.05, 0) is 43.2 Å². The van der Waals surface area contributed by atoms with Crippen molar-refractivity contribution >= 4 is 17.2 Å². The third-order valence-corrected chi connectivity index (χ3v) is 4.39. The molecule has 2 rings (SSSR count). The van der Waals surface area contributed by atoms with Crippen LogP contribution in [0.4, 0.5) is 0 Å². The predicted molar refractivity (Wildman–Crippen MR) is 75.8 cm³/mol. The van der Waals surface area contributed by atoms with Crippen LogP contribution in [-0.4, -0.2) is 29.9 Å². The monoisotopic (exact) mass is 266 g/mol. The van der Waals surface area contributed by atoms with Gasteiger partial charge in [0.1, 0.15) is 0 Å². The van der Waals surface area contributed by atoms with Crippen molar-refractivity contribution in [1.82, 2.24) is 10.2 Å². The van der Waals surface area contributed by atoms with Crippen LogP contribution in [0.2, 0.25) is 0 Å². The average molecular weight is 266 g/mol. The minimum Gasteiger partial charge on any atom is -0.339 e. The Bertz CT molecular complexity index is 398. The van der Waals surface area contributed by atoms with Crippen molar-refractivity contribution in [3.8, 4) is 0 Å². The zero-order valence-corrected chi connectivity index (χ0v) is 12.1. The number of carbonyl (C=O) groups is 1. The number of hydrogen-bond acceptors (Lipinski definition) is 3. The Morgan fingerprint density at radius 1 is 1.50 bits per heavy atom. The van der Waals surface area contributed by atoms with Crippen LogP contribution in [0.1, 0.15) is 37.1 Å². The van der Waals surface area contributed by atoms with Gasteiger partial charge in [-0.2, -0.15) is 0 Å². The van der Waals surface area contributed by atoms with Gasteiger partial charge in [0.05, 0.1) is 6.54 Å². The normalized spacial score (nSPS) is 14.8. The van der Waals surface area contributed by atoms with Crippen LogP contribution in [0.3, 0.4) is 0 Å². The van der Waals surface area contributed by atoms with E-state index in [0.717, 1.165) is 19.5 Å². The highest BCUT2D eigenvalue weighted by Gasteiger charge is 2.30. The molecule has 1 fully saturated rings. The van der Waals surface area contributed by atoms with E-state index < -0.39 is 0 Å². The molecule has 1 N–H and O–H groups in total. The maximum absolute atomic E-state index is 12.0. The van der Waals surface area contributed by atoms with E-state index >= 15 is 0 Å². The zero-order chi connectivity index (χ0) is 13.0. The molecule has 1 aromatic heterocycles. The lowest BCUT2D eigenvalue weighted by Crippen LogP contribution is -2.39. The summed E-state index contributed by atoms with van der Waals surface area (Å²) in [5.74, 6) is 0.245. The van der Waals surface area contributed by atoms with E-state index in [1.165, 1.54) is 23.3 Å². The van der Waals surface area contributed by atoms with E-state index in [9.17, 15) is 4.79 Å². The Morgan fingerprint density at radius 3 is 2.89 bits per heavy atom. The van der Waals surface area contributed by atoms with Crippen LogP contribution in [-0.2, 0) is 17.8 Å². The summed E-state index contributed by atoms with van der Waals surface area (Å²) in [5, 5.41) is 5.40. The number of amides is 1. The van der Waals surface area contributed by atoms with Gasteiger partial charge in [0.25, 0.3) is 0 Å². The molecule has 1 amide bonds. The maximum atomic E-state index is 12.0. The topological polar surface area (TPSA) is 32.3 Å². The molecule has 0 saturated heterocycles.